The maximum atomic E-state index is 11.0. The van der Waals surface area contributed by atoms with Gasteiger partial charge in [-0.3, -0.25) is 9.97 Å². The third-order valence-corrected chi connectivity index (χ3v) is 6.11. The van der Waals surface area contributed by atoms with E-state index in [1.54, 1.807) is 18.3 Å². The molecular weight excluding hydrogens is 382 g/mol. The first-order valence-electron chi connectivity index (χ1n) is 10.7. The number of aromatic nitrogens is 2. The van der Waals surface area contributed by atoms with Crippen molar-refractivity contribution in [1.29, 1.82) is 0 Å². The van der Waals surface area contributed by atoms with Crippen molar-refractivity contribution in [2.75, 3.05) is 31.2 Å². The van der Waals surface area contributed by atoms with Crippen LogP contribution in [0.3, 0.4) is 0 Å². The predicted octanol–water partition coefficient (Wildman–Crippen LogP) is 3.96. The second-order valence-corrected chi connectivity index (χ2v) is 8.40. The van der Waals surface area contributed by atoms with Crippen LogP contribution in [0, 0.1) is 11.8 Å². The Balaban J connectivity index is 1.37. The number of hydrogen-bond donors (Lipinski definition) is 1. The number of rotatable bonds is 6. The maximum absolute atomic E-state index is 11.0. The molecule has 2 aromatic rings. The zero-order chi connectivity index (χ0) is 20.9. The number of ether oxygens (including phenoxy) is 2. The summed E-state index contributed by atoms with van der Waals surface area (Å²) in [4.78, 5) is 21.9. The number of hydrogen-bond acceptors (Lipinski definition) is 6. The van der Waals surface area contributed by atoms with Crippen LogP contribution in [-0.4, -0.2) is 47.3 Å². The van der Waals surface area contributed by atoms with Gasteiger partial charge in [0.2, 0.25) is 0 Å². The average Bonchev–Trinajstić information content (AvgIpc) is 2.79. The SMILES string of the molecule is CC1CCC(COc2cncc(N3CCOC(c4ccc(C(=O)O)cn4)C3)c2)CC1. The summed E-state index contributed by atoms with van der Waals surface area (Å²) in [7, 11) is 0. The van der Waals surface area contributed by atoms with E-state index in [1.807, 2.05) is 12.3 Å². The molecule has 2 aromatic heterocycles. The molecule has 1 aliphatic heterocycles. The van der Waals surface area contributed by atoms with Crippen LogP contribution >= 0.6 is 0 Å². The van der Waals surface area contributed by atoms with Gasteiger partial charge in [0.25, 0.3) is 0 Å². The van der Waals surface area contributed by atoms with E-state index in [9.17, 15) is 4.79 Å². The van der Waals surface area contributed by atoms with Gasteiger partial charge >= 0.3 is 5.97 Å². The van der Waals surface area contributed by atoms with Crippen molar-refractivity contribution < 1.29 is 19.4 Å². The summed E-state index contributed by atoms with van der Waals surface area (Å²) in [6.07, 6.45) is 9.86. The van der Waals surface area contributed by atoms with Gasteiger partial charge in [0, 0.05) is 18.8 Å². The molecule has 2 fully saturated rings. The van der Waals surface area contributed by atoms with Crippen LogP contribution in [-0.2, 0) is 4.74 Å². The lowest BCUT2D eigenvalue weighted by Crippen LogP contribution is -2.38. The van der Waals surface area contributed by atoms with E-state index in [2.05, 4.69) is 21.8 Å². The summed E-state index contributed by atoms with van der Waals surface area (Å²) >= 11 is 0. The number of carbonyl (C=O) groups is 1. The highest BCUT2D eigenvalue weighted by atomic mass is 16.5. The van der Waals surface area contributed by atoms with Crippen LogP contribution in [0.4, 0.5) is 5.69 Å². The van der Waals surface area contributed by atoms with Gasteiger partial charge in [-0.25, -0.2) is 4.79 Å². The minimum absolute atomic E-state index is 0.174. The summed E-state index contributed by atoms with van der Waals surface area (Å²) in [5.41, 5.74) is 1.91. The molecule has 30 heavy (non-hydrogen) atoms. The molecule has 160 valence electrons. The number of carboxylic acid groups (broad SMARTS) is 1. The highest BCUT2D eigenvalue weighted by Gasteiger charge is 2.24. The van der Waals surface area contributed by atoms with Crippen molar-refractivity contribution >= 4 is 11.7 Å². The standard InChI is InChI=1S/C23H29N3O4/c1-16-2-4-17(5-3-16)15-30-20-10-19(12-24-13-20)26-8-9-29-22(14-26)21-7-6-18(11-25-21)23(27)28/h6-7,10-13,16-17,22H,2-5,8-9,14-15H2,1H3,(H,27,28). The van der Waals surface area contributed by atoms with Crippen LogP contribution in [0.2, 0.25) is 0 Å². The van der Waals surface area contributed by atoms with Crippen LogP contribution < -0.4 is 9.64 Å². The van der Waals surface area contributed by atoms with Crippen molar-refractivity contribution in [2.45, 2.75) is 38.7 Å². The minimum atomic E-state index is -0.981. The lowest BCUT2D eigenvalue weighted by Gasteiger charge is -2.34. The van der Waals surface area contributed by atoms with E-state index >= 15 is 0 Å². The summed E-state index contributed by atoms with van der Waals surface area (Å²) < 4.78 is 11.9. The number of anilines is 1. The predicted molar refractivity (Wildman–Crippen MR) is 113 cm³/mol. The van der Waals surface area contributed by atoms with Crippen molar-refractivity contribution in [3.63, 3.8) is 0 Å². The second kappa shape index (κ2) is 9.43. The number of aromatic carboxylic acids is 1. The van der Waals surface area contributed by atoms with E-state index in [0.29, 0.717) is 19.1 Å². The average molecular weight is 412 g/mol. The number of carboxylic acids is 1. The first-order chi connectivity index (χ1) is 14.6. The van der Waals surface area contributed by atoms with Crippen molar-refractivity contribution in [2.24, 2.45) is 11.8 Å². The van der Waals surface area contributed by atoms with Gasteiger partial charge in [-0.2, -0.15) is 0 Å². The maximum Gasteiger partial charge on any atom is 0.337 e. The topological polar surface area (TPSA) is 84.8 Å². The third kappa shape index (κ3) is 5.08. The Morgan fingerprint density at radius 3 is 2.80 bits per heavy atom. The molecule has 0 aromatic carbocycles. The largest absolute Gasteiger partial charge is 0.492 e. The van der Waals surface area contributed by atoms with Gasteiger partial charge in [0.15, 0.2) is 0 Å². The van der Waals surface area contributed by atoms with Gasteiger partial charge in [-0.05, 0) is 36.8 Å². The molecule has 1 atom stereocenters. The van der Waals surface area contributed by atoms with Crippen LogP contribution in [0.15, 0.2) is 36.8 Å². The normalized spacial score (nSPS) is 24.4. The fourth-order valence-electron chi connectivity index (χ4n) is 4.15. The van der Waals surface area contributed by atoms with Gasteiger partial charge in [0.1, 0.15) is 11.9 Å². The fraction of sp³-hybridized carbons (Fsp3) is 0.522. The summed E-state index contributed by atoms with van der Waals surface area (Å²) in [5.74, 6) is 1.30. The first-order valence-corrected chi connectivity index (χ1v) is 10.7. The first kappa shape index (κ1) is 20.6. The highest BCUT2D eigenvalue weighted by Crippen LogP contribution is 2.30. The second-order valence-electron chi connectivity index (χ2n) is 8.40. The van der Waals surface area contributed by atoms with Gasteiger partial charge in [-0.15, -0.1) is 0 Å². The van der Waals surface area contributed by atoms with Crippen LogP contribution in [0.1, 0.15) is 54.8 Å². The fourth-order valence-corrected chi connectivity index (χ4v) is 4.15. The molecule has 7 nitrogen and oxygen atoms in total. The molecule has 0 bridgehead atoms. The molecule has 2 aliphatic rings. The van der Waals surface area contributed by atoms with E-state index < -0.39 is 5.97 Å². The van der Waals surface area contributed by atoms with Crippen LogP contribution in [0.25, 0.3) is 0 Å². The Morgan fingerprint density at radius 2 is 2.07 bits per heavy atom. The van der Waals surface area contributed by atoms with E-state index in [-0.39, 0.29) is 11.7 Å². The monoisotopic (exact) mass is 411 g/mol. The summed E-state index contributed by atoms with van der Waals surface area (Å²) in [5, 5.41) is 9.04. The molecule has 7 heteroatoms. The van der Waals surface area contributed by atoms with Gasteiger partial charge in [0.05, 0.1) is 49.1 Å². The smallest absolute Gasteiger partial charge is 0.337 e. The highest BCUT2D eigenvalue weighted by molar-refractivity contribution is 5.87. The number of nitrogens with zero attached hydrogens (tertiary/aromatic N) is 3. The van der Waals surface area contributed by atoms with Crippen molar-refractivity contribution in [3.8, 4) is 5.75 Å². The molecule has 1 saturated carbocycles. The molecule has 1 aliphatic carbocycles. The zero-order valence-electron chi connectivity index (χ0n) is 17.4. The van der Waals surface area contributed by atoms with Crippen molar-refractivity contribution in [3.05, 3.63) is 48.0 Å². The van der Waals surface area contributed by atoms with Gasteiger partial charge < -0.3 is 19.5 Å². The lowest BCUT2D eigenvalue weighted by atomic mass is 9.83. The molecule has 1 N–H and O–H groups in total. The molecule has 0 radical (unpaired) electrons. The Hall–Kier alpha value is -2.67. The Bertz CT molecular complexity index is 850. The zero-order valence-corrected chi connectivity index (χ0v) is 17.4. The molecular formula is C23H29N3O4. The number of morpholine rings is 1. The molecule has 0 amide bonds. The van der Waals surface area contributed by atoms with Gasteiger partial charge in [-0.1, -0.05) is 19.8 Å². The number of pyridine rings is 2. The van der Waals surface area contributed by atoms with E-state index in [1.165, 1.54) is 31.9 Å². The Kier molecular flexibility index (Phi) is 6.47. The van der Waals surface area contributed by atoms with Crippen LogP contribution in [0.5, 0.6) is 5.75 Å². The third-order valence-electron chi connectivity index (χ3n) is 6.11. The minimum Gasteiger partial charge on any atom is -0.492 e. The Morgan fingerprint density at radius 1 is 1.23 bits per heavy atom. The van der Waals surface area contributed by atoms with E-state index in [0.717, 1.165) is 36.2 Å². The molecule has 1 unspecified atom stereocenters. The quantitative estimate of drug-likeness (QED) is 0.770. The molecule has 3 heterocycles. The lowest BCUT2D eigenvalue weighted by molar-refractivity contribution is 0.0369. The van der Waals surface area contributed by atoms with Crippen molar-refractivity contribution in [1.82, 2.24) is 9.97 Å². The Labute approximate surface area is 177 Å². The molecule has 0 spiro atoms. The molecule has 4 rings (SSSR count). The molecule has 1 saturated heterocycles. The summed E-state index contributed by atoms with van der Waals surface area (Å²) in [6, 6.07) is 5.33. The summed E-state index contributed by atoms with van der Waals surface area (Å²) in [6.45, 7) is 5.04. The van der Waals surface area contributed by atoms with E-state index in [4.69, 9.17) is 14.6 Å².